The third-order valence-corrected chi connectivity index (χ3v) is 3.25. The highest BCUT2D eigenvalue weighted by Crippen LogP contribution is 2.09. The van der Waals surface area contributed by atoms with Crippen LogP contribution in [0, 0.1) is 0 Å². The van der Waals surface area contributed by atoms with Crippen LogP contribution in [0.1, 0.15) is 29.8 Å². The Hall–Kier alpha value is -2.31. The Morgan fingerprint density at radius 1 is 1.30 bits per heavy atom. The van der Waals surface area contributed by atoms with Crippen LogP contribution in [0.15, 0.2) is 18.3 Å². The fourth-order valence-corrected chi connectivity index (χ4v) is 2.13. The molecule has 1 fully saturated rings. The number of amides is 3. The van der Waals surface area contributed by atoms with Crippen molar-refractivity contribution in [1.29, 1.82) is 0 Å². The van der Waals surface area contributed by atoms with E-state index in [0.717, 1.165) is 12.8 Å². The number of hydrogen-bond acceptors (Lipinski definition) is 3. The summed E-state index contributed by atoms with van der Waals surface area (Å²) in [6.45, 7) is 0.574. The second-order valence-corrected chi connectivity index (χ2v) is 4.78. The third-order valence-electron chi connectivity index (χ3n) is 3.25. The van der Waals surface area contributed by atoms with Gasteiger partial charge in [-0.25, -0.2) is 0 Å². The maximum atomic E-state index is 11.8. The zero-order chi connectivity index (χ0) is 14.5. The Bertz CT molecular complexity index is 523. The summed E-state index contributed by atoms with van der Waals surface area (Å²) in [5.41, 5.74) is 5.10. The van der Waals surface area contributed by atoms with Gasteiger partial charge < -0.3 is 9.47 Å². The summed E-state index contributed by atoms with van der Waals surface area (Å²) in [6.07, 6.45) is 4.02. The Kier molecular flexibility index (Phi) is 4.39. The van der Waals surface area contributed by atoms with Crippen molar-refractivity contribution >= 4 is 17.7 Å². The minimum Gasteiger partial charge on any atom is -0.347 e. The van der Waals surface area contributed by atoms with Gasteiger partial charge in [0, 0.05) is 26.2 Å². The van der Waals surface area contributed by atoms with Crippen LogP contribution in [-0.4, -0.2) is 40.3 Å². The average Bonchev–Trinajstić information content (AvgIpc) is 2.85. The minimum absolute atomic E-state index is 0.0137. The molecule has 1 aliphatic heterocycles. The molecule has 0 atom stereocenters. The predicted molar refractivity (Wildman–Crippen MR) is 71.5 cm³/mol. The fourth-order valence-electron chi connectivity index (χ4n) is 2.13. The minimum atomic E-state index is -0.400. The Morgan fingerprint density at radius 3 is 2.75 bits per heavy atom. The number of aryl methyl sites for hydroxylation is 1. The van der Waals surface area contributed by atoms with Crippen LogP contribution in [-0.2, 0) is 16.6 Å². The number of hydrazine groups is 1. The van der Waals surface area contributed by atoms with Crippen molar-refractivity contribution in [2.75, 3.05) is 13.1 Å². The molecule has 0 unspecified atom stereocenters. The molecule has 1 aromatic rings. The monoisotopic (exact) mass is 278 g/mol. The Morgan fingerprint density at radius 2 is 2.10 bits per heavy atom. The summed E-state index contributed by atoms with van der Waals surface area (Å²) in [7, 11) is 1.74. The van der Waals surface area contributed by atoms with Gasteiger partial charge in [-0.05, 0) is 25.0 Å². The van der Waals surface area contributed by atoms with Crippen molar-refractivity contribution in [2.45, 2.75) is 19.3 Å². The van der Waals surface area contributed by atoms with Crippen LogP contribution >= 0.6 is 0 Å². The number of hydrogen-bond donors (Lipinski definition) is 2. The molecular formula is C13H18N4O3. The van der Waals surface area contributed by atoms with Gasteiger partial charge in [0.25, 0.3) is 11.8 Å². The average molecular weight is 278 g/mol. The van der Waals surface area contributed by atoms with Gasteiger partial charge in [-0.2, -0.15) is 0 Å². The molecule has 7 nitrogen and oxygen atoms in total. The number of aromatic nitrogens is 1. The largest absolute Gasteiger partial charge is 0.347 e. The van der Waals surface area contributed by atoms with E-state index in [2.05, 4.69) is 10.9 Å². The van der Waals surface area contributed by atoms with Crippen LogP contribution in [0.3, 0.4) is 0 Å². The summed E-state index contributed by atoms with van der Waals surface area (Å²) in [4.78, 5) is 36.5. The molecule has 0 spiro atoms. The molecule has 0 aromatic carbocycles. The number of nitrogens with zero attached hydrogens (tertiary/aromatic N) is 2. The number of carbonyl (C=O) groups is 3. The van der Waals surface area contributed by atoms with Gasteiger partial charge in [-0.1, -0.05) is 0 Å². The van der Waals surface area contributed by atoms with E-state index >= 15 is 0 Å². The summed E-state index contributed by atoms with van der Waals surface area (Å²) in [5, 5.41) is 0. The molecule has 1 saturated heterocycles. The van der Waals surface area contributed by atoms with E-state index in [1.54, 1.807) is 29.9 Å². The summed E-state index contributed by atoms with van der Waals surface area (Å²) in [5.74, 6) is -0.807. The maximum Gasteiger partial charge on any atom is 0.286 e. The maximum absolute atomic E-state index is 11.8. The van der Waals surface area contributed by atoms with Crippen molar-refractivity contribution < 1.29 is 14.4 Å². The van der Waals surface area contributed by atoms with E-state index in [1.807, 2.05) is 0 Å². The number of nitrogens with one attached hydrogen (secondary N) is 2. The van der Waals surface area contributed by atoms with Crippen molar-refractivity contribution in [3.63, 3.8) is 0 Å². The molecule has 0 aliphatic carbocycles. The van der Waals surface area contributed by atoms with Crippen LogP contribution < -0.4 is 10.9 Å². The van der Waals surface area contributed by atoms with Gasteiger partial charge in [0.1, 0.15) is 12.2 Å². The molecule has 7 heteroatoms. The molecule has 2 rings (SSSR count). The normalized spacial score (nSPS) is 15.1. The zero-order valence-corrected chi connectivity index (χ0v) is 11.4. The smallest absolute Gasteiger partial charge is 0.286 e. The molecule has 2 N–H and O–H groups in total. The van der Waals surface area contributed by atoms with Crippen molar-refractivity contribution in [1.82, 2.24) is 20.3 Å². The lowest BCUT2D eigenvalue weighted by Gasteiger charge is -2.25. The predicted octanol–water partition coefficient (Wildman–Crippen LogP) is -0.201. The highest BCUT2D eigenvalue weighted by atomic mass is 16.2. The number of carbonyl (C=O) groups excluding carboxylic acids is 3. The van der Waals surface area contributed by atoms with E-state index in [1.165, 1.54) is 4.90 Å². The second-order valence-electron chi connectivity index (χ2n) is 4.78. The summed E-state index contributed by atoms with van der Waals surface area (Å²) < 4.78 is 1.65. The van der Waals surface area contributed by atoms with Gasteiger partial charge in [-0.15, -0.1) is 0 Å². The topological polar surface area (TPSA) is 83.4 Å². The molecule has 1 aliphatic rings. The molecule has 0 saturated carbocycles. The standard InChI is InChI=1S/C13H18N4O3/c1-16-7-4-5-10(16)13(20)15-14-11(18)9-17-8-3-2-6-12(17)19/h4-5,7H,2-3,6,8-9H2,1H3,(H,14,18)(H,15,20). The van der Waals surface area contributed by atoms with Gasteiger partial charge in [0.2, 0.25) is 5.91 Å². The van der Waals surface area contributed by atoms with Crippen LogP contribution in [0.25, 0.3) is 0 Å². The molecule has 2 heterocycles. The molecule has 1 aromatic heterocycles. The fraction of sp³-hybridized carbons (Fsp3) is 0.462. The van der Waals surface area contributed by atoms with E-state index in [-0.39, 0.29) is 12.5 Å². The highest BCUT2D eigenvalue weighted by molar-refractivity contribution is 5.94. The van der Waals surface area contributed by atoms with Crippen molar-refractivity contribution in [3.8, 4) is 0 Å². The van der Waals surface area contributed by atoms with Crippen molar-refractivity contribution in [2.24, 2.45) is 7.05 Å². The van der Waals surface area contributed by atoms with E-state index < -0.39 is 11.8 Å². The van der Waals surface area contributed by atoms with Gasteiger partial charge in [0.15, 0.2) is 0 Å². The quantitative estimate of drug-likeness (QED) is 0.751. The molecule has 108 valence electrons. The van der Waals surface area contributed by atoms with Crippen LogP contribution in [0.5, 0.6) is 0 Å². The van der Waals surface area contributed by atoms with E-state index in [4.69, 9.17) is 0 Å². The highest BCUT2D eigenvalue weighted by Gasteiger charge is 2.20. The number of rotatable bonds is 3. The van der Waals surface area contributed by atoms with Crippen LogP contribution in [0.2, 0.25) is 0 Å². The molecule has 0 radical (unpaired) electrons. The van der Waals surface area contributed by atoms with Gasteiger partial charge in [0.05, 0.1) is 0 Å². The van der Waals surface area contributed by atoms with E-state index in [9.17, 15) is 14.4 Å². The Labute approximate surface area is 116 Å². The number of piperidine rings is 1. The third kappa shape index (κ3) is 3.37. The molecule has 0 bridgehead atoms. The lowest BCUT2D eigenvalue weighted by molar-refractivity contribution is -0.138. The molecular weight excluding hydrogens is 260 g/mol. The summed E-state index contributed by atoms with van der Waals surface area (Å²) >= 11 is 0. The Balaban J connectivity index is 1.79. The SMILES string of the molecule is Cn1cccc1C(=O)NNC(=O)CN1CCCCC1=O. The first kappa shape index (κ1) is 14.1. The first-order chi connectivity index (χ1) is 9.58. The van der Waals surface area contributed by atoms with E-state index in [0.29, 0.717) is 18.7 Å². The van der Waals surface area contributed by atoms with Gasteiger partial charge >= 0.3 is 0 Å². The summed E-state index contributed by atoms with van der Waals surface area (Å²) in [6, 6.07) is 3.39. The number of likely N-dealkylation sites (tertiary alicyclic amines) is 1. The zero-order valence-electron chi connectivity index (χ0n) is 11.4. The van der Waals surface area contributed by atoms with Crippen molar-refractivity contribution in [3.05, 3.63) is 24.0 Å². The second kappa shape index (κ2) is 6.23. The molecule has 3 amide bonds. The molecule has 20 heavy (non-hydrogen) atoms. The van der Waals surface area contributed by atoms with Crippen LogP contribution in [0.4, 0.5) is 0 Å². The first-order valence-corrected chi connectivity index (χ1v) is 6.56. The lowest BCUT2D eigenvalue weighted by atomic mass is 10.1. The van der Waals surface area contributed by atoms with Gasteiger partial charge in [-0.3, -0.25) is 25.2 Å². The lowest BCUT2D eigenvalue weighted by Crippen LogP contribution is -2.48. The first-order valence-electron chi connectivity index (χ1n) is 6.56.